The molecule has 0 aliphatic carbocycles. The Morgan fingerprint density at radius 2 is 1.90 bits per heavy atom. The molecule has 4 heteroatoms. The van der Waals surface area contributed by atoms with Crippen LogP contribution in [-0.4, -0.2) is 7.05 Å². The Kier molecular flexibility index (Phi) is 4.89. The molecule has 2 aromatic carbocycles. The first-order valence-electron chi connectivity index (χ1n) is 6.39. The third-order valence-electron chi connectivity index (χ3n) is 3.33. The van der Waals surface area contributed by atoms with Crippen LogP contribution in [0.1, 0.15) is 22.7 Å². The standard InChI is InChI=1S/C16H16BrF2N/c1-10-6-7-13(18)12(8-10)15(20-2)9-11-4-3-5-14(19)16(11)17/h3-8,15,20H,9H2,1-2H3. The fraction of sp³-hybridized carbons (Fsp3) is 0.250. The second kappa shape index (κ2) is 6.46. The summed E-state index contributed by atoms with van der Waals surface area (Å²) in [5.41, 5.74) is 2.41. The first-order valence-corrected chi connectivity index (χ1v) is 7.18. The van der Waals surface area contributed by atoms with Gasteiger partial charge >= 0.3 is 0 Å². The predicted octanol–water partition coefficient (Wildman–Crippen LogP) is 4.54. The van der Waals surface area contributed by atoms with Gasteiger partial charge in [0, 0.05) is 11.6 Å². The van der Waals surface area contributed by atoms with E-state index in [4.69, 9.17) is 0 Å². The molecule has 0 fully saturated rings. The number of benzene rings is 2. The van der Waals surface area contributed by atoms with Crippen molar-refractivity contribution in [1.29, 1.82) is 0 Å². The predicted molar refractivity (Wildman–Crippen MR) is 80.7 cm³/mol. The van der Waals surface area contributed by atoms with Gasteiger partial charge in [-0.15, -0.1) is 0 Å². The maximum absolute atomic E-state index is 14.0. The van der Waals surface area contributed by atoms with Gasteiger partial charge < -0.3 is 5.32 Å². The number of hydrogen-bond acceptors (Lipinski definition) is 1. The summed E-state index contributed by atoms with van der Waals surface area (Å²) in [5.74, 6) is -0.551. The fourth-order valence-corrected chi connectivity index (χ4v) is 2.65. The van der Waals surface area contributed by atoms with E-state index >= 15 is 0 Å². The van der Waals surface area contributed by atoms with Gasteiger partial charge in [0.25, 0.3) is 0 Å². The second-order valence-electron chi connectivity index (χ2n) is 4.78. The van der Waals surface area contributed by atoms with E-state index in [0.29, 0.717) is 16.5 Å². The van der Waals surface area contributed by atoms with E-state index in [0.717, 1.165) is 11.1 Å². The summed E-state index contributed by atoms with van der Waals surface area (Å²) in [5, 5.41) is 3.10. The van der Waals surface area contributed by atoms with Crippen LogP contribution in [0.4, 0.5) is 8.78 Å². The van der Waals surface area contributed by atoms with Crippen LogP contribution in [0.3, 0.4) is 0 Å². The van der Waals surface area contributed by atoms with Crippen molar-refractivity contribution in [1.82, 2.24) is 5.32 Å². The molecule has 1 nitrogen and oxygen atoms in total. The Labute approximate surface area is 126 Å². The van der Waals surface area contributed by atoms with Crippen molar-refractivity contribution < 1.29 is 8.78 Å². The maximum Gasteiger partial charge on any atom is 0.137 e. The van der Waals surface area contributed by atoms with Crippen molar-refractivity contribution in [3.63, 3.8) is 0 Å². The zero-order valence-electron chi connectivity index (χ0n) is 11.4. The Balaban J connectivity index is 2.34. The van der Waals surface area contributed by atoms with E-state index in [-0.39, 0.29) is 17.7 Å². The van der Waals surface area contributed by atoms with Gasteiger partial charge in [0.2, 0.25) is 0 Å². The van der Waals surface area contributed by atoms with Crippen LogP contribution in [0.2, 0.25) is 0 Å². The summed E-state index contributed by atoms with van der Waals surface area (Å²) in [6, 6.07) is 9.73. The van der Waals surface area contributed by atoms with Gasteiger partial charge in [-0.05, 0) is 54.0 Å². The maximum atomic E-state index is 14.0. The average molecular weight is 340 g/mol. The van der Waals surface area contributed by atoms with Crippen LogP contribution in [-0.2, 0) is 6.42 Å². The van der Waals surface area contributed by atoms with Crippen LogP contribution < -0.4 is 5.32 Å². The topological polar surface area (TPSA) is 12.0 Å². The molecule has 0 radical (unpaired) electrons. The number of aryl methyl sites for hydroxylation is 1. The zero-order valence-corrected chi connectivity index (χ0v) is 13.0. The van der Waals surface area contributed by atoms with Gasteiger partial charge in [-0.3, -0.25) is 0 Å². The van der Waals surface area contributed by atoms with Gasteiger partial charge in [-0.1, -0.05) is 29.8 Å². The first kappa shape index (κ1) is 15.1. The molecule has 0 heterocycles. The Bertz CT molecular complexity index is 613. The lowest BCUT2D eigenvalue weighted by atomic mass is 9.97. The third kappa shape index (κ3) is 3.25. The summed E-state index contributed by atoms with van der Waals surface area (Å²) in [6.45, 7) is 1.92. The normalized spacial score (nSPS) is 12.4. The van der Waals surface area contributed by atoms with Gasteiger partial charge in [-0.25, -0.2) is 8.78 Å². The van der Waals surface area contributed by atoms with Crippen LogP contribution >= 0.6 is 15.9 Å². The molecular formula is C16H16BrF2N. The number of hydrogen-bond donors (Lipinski definition) is 1. The molecule has 106 valence electrons. The molecule has 0 aliphatic heterocycles. The van der Waals surface area contributed by atoms with E-state index < -0.39 is 0 Å². The monoisotopic (exact) mass is 339 g/mol. The molecule has 0 amide bonds. The van der Waals surface area contributed by atoms with Crippen LogP contribution in [0, 0.1) is 18.6 Å². The van der Waals surface area contributed by atoms with Crippen LogP contribution in [0.5, 0.6) is 0 Å². The lowest BCUT2D eigenvalue weighted by Gasteiger charge is -2.19. The minimum Gasteiger partial charge on any atom is -0.313 e. The quantitative estimate of drug-likeness (QED) is 0.862. The Morgan fingerprint density at radius 3 is 2.60 bits per heavy atom. The van der Waals surface area contributed by atoms with Crippen molar-refractivity contribution in [3.8, 4) is 0 Å². The molecule has 0 aromatic heterocycles. The molecule has 0 saturated carbocycles. The summed E-state index contributed by atoms with van der Waals surface area (Å²) in [7, 11) is 1.78. The summed E-state index contributed by atoms with van der Waals surface area (Å²) in [4.78, 5) is 0. The van der Waals surface area contributed by atoms with E-state index in [1.807, 2.05) is 19.1 Å². The molecule has 2 aromatic rings. The lowest BCUT2D eigenvalue weighted by Crippen LogP contribution is -2.20. The molecule has 1 atom stereocenters. The van der Waals surface area contributed by atoms with Gasteiger partial charge in [0.15, 0.2) is 0 Å². The molecule has 0 spiro atoms. The van der Waals surface area contributed by atoms with E-state index in [1.165, 1.54) is 12.1 Å². The van der Waals surface area contributed by atoms with Crippen LogP contribution in [0.15, 0.2) is 40.9 Å². The number of likely N-dealkylation sites (N-methyl/N-ethyl adjacent to an activating group) is 1. The first-order chi connectivity index (χ1) is 9.52. The summed E-state index contributed by atoms with van der Waals surface area (Å²) < 4.78 is 27.9. The third-order valence-corrected chi connectivity index (χ3v) is 4.22. The molecule has 1 N–H and O–H groups in total. The smallest absolute Gasteiger partial charge is 0.137 e. The summed E-state index contributed by atoms with van der Waals surface area (Å²) in [6.07, 6.45) is 0.509. The van der Waals surface area contributed by atoms with Crippen molar-refractivity contribution in [2.45, 2.75) is 19.4 Å². The molecule has 0 aliphatic rings. The highest BCUT2D eigenvalue weighted by Crippen LogP contribution is 2.27. The second-order valence-corrected chi connectivity index (χ2v) is 5.58. The fourth-order valence-electron chi connectivity index (χ4n) is 2.22. The van der Waals surface area contributed by atoms with E-state index in [9.17, 15) is 8.78 Å². The summed E-state index contributed by atoms with van der Waals surface area (Å²) >= 11 is 3.25. The molecule has 1 unspecified atom stereocenters. The average Bonchev–Trinajstić information content (AvgIpc) is 2.43. The highest BCUT2D eigenvalue weighted by atomic mass is 79.9. The zero-order chi connectivity index (χ0) is 14.7. The molecular weight excluding hydrogens is 324 g/mol. The van der Waals surface area contributed by atoms with E-state index in [1.54, 1.807) is 19.2 Å². The van der Waals surface area contributed by atoms with E-state index in [2.05, 4.69) is 21.2 Å². The number of rotatable bonds is 4. The van der Waals surface area contributed by atoms with Gasteiger partial charge in [0.1, 0.15) is 11.6 Å². The minimum atomic E-state index is -0.304. The largest absolute Gasteiger partial charge is 0.313 e. The van der Waals surface area contributed by atoms with Gasteiger partial charge in [-0.2, -0.15) is 0 Å². The highest BCUT2D eigenvalue weighted by Gasteiger charge is 2.17. The minimum absolute atomic E-state index is 0.201. The van der Waals surface area contributed by atoms with Crippen molar-refractivity contribution in [3.05, 3.63) is 69.2 Å². The van der Waals surface area contributed by atoms with Crippen molar-refractivity contribution in [2.24, 2.45) is 0 Å². The Hall–Kier alpha value is -1.26. The number of halogens is 3. The van der Waals surface area contributed by atoms with Crippen molar-refractivity contribution >= 4 is 15.9 Å². The molecule has 20 heavy (non-hydrogen) atoms. The lowest BCUT2D eigenvalue weighted by molar-refractivity contribution is 0.530. The highest BCUT2D eigenvalue weighted by molar-refractivity contribution is 9.10. The van der Waals surface area contributed by atoms with Gasteiger partial charge in [0.05, 0.1) is 4.47 Å². The van der Waals surface area contributed by atoms with Crippen molar-refractivity contribution in [2.75, 3.05) is 7.05 Å². The molecule has 2 rings (SSSR count). The molecule has 0 bridgehead atoms. The number of nitrogens with one attached hydrogen (secondary N) is 1. The van der Waals surface area contributed by atoms with Crippen LogP contribution in [0.25, 0.3) is 0 Å². The SMILES string of the molecule is CNC(Cc1cccc(F)c1Br)c1cc(C)ccc1F. The molecule has 0 saturated heterocycles. The Morgan fingerprint density at radius 1 is 1.15 bits per heavy atom.